The Morgan fingerprint density at radius 1 is 0.592 bits per heavy atom. The number of benzene rings is 1. The van der Waals surface area contributed by atoms with Crippen molar-refractivity contribution in [1.82, 2.24) is 5.32 Å². The quantitative estimate of drug-likeness (QED) is 0.0185. The molecule has 2 rings (SSSR count). The summed E-state index contributed by atoms with van der Waals surface area (Å²) in [5.74, 6) is 0. The van der Waals surface area contributed by atoms with E-state index in [1.165, 1.54) is 217 Å². The number of nitro benzene ring substituents is 1. The molecule has 8 atom stereocenters. The third-order valence-electron chi connectivity index (χ3n) is 14.4. The Kier molecular flexibility index (Phi) is 40.0. The van der Waals surface area contributed by atoms with Gasteiger partial charge < -0.3 is 45.1 Å². The summed E-state index contributed by atoms with van der Waals surface area (Å²) in [7, 11) is 0. The highest BCUT2D eigenvalue weighted by Gasteiger charge is 2.45. The van der Waals surface area contributed by atoms with Gasteiger partial charge in [-0.2, -0.15) is 0 Å². The van der Waals surface area contributed by atoms with Crippen LogP contribution in [-0.2, 0) is 14.2 Å². The number of aliphatic hydroxyl groups is 5. The van der Waals surface area contributed by atoms with Crippen LogP contribution in [0.25, 0.3) is 0 Å². The molecule has 0 aliphatic carbocycles. The summed E-state index contributed by atoms with van der Waals surface area (Å²) in [4.78, 5) is 22.9. The van der Waals surface area contributed by atoms with Gasteiger partial charge in [-0.15, -0.1) is 0 Å². The minimum absolute atomic E-state index is 0.147. The molecule has 0 unspecified atom stereocenters. The van der Waals surface area contributed by atoms with E-state index >= 15 is 0 Å². The molecule has 0 radical (unpaired) electrons. The van der Waals surface area contributed by atoms with Crippen LogP contribution in [0.5, 0.6) is 0 Å². The van der Waals surface area contributed by atoms with Crippen LogP contribution in [0.1, 0.15) is 251 Å². The van der Waals surface area contributed by atoms with E-state index in [2.05, 4.69) is 24.5 Å². The van der Waals surface area contributed by atoms with E-state index in [0.717, 1.165) is 38.5 Å². The number of carbonyl (C=O) groups is 1. The van der Waals surface area contributed by atoms with E-state index in [9.17, 15) is 40.4 Å². The zero-order valence-corrected chi connectivity index (χ0v) is 44.8. The number of aliphatic hydroxyl groups excluding tert-OH is 5. The van der Waals surface area contributed by atoms with Crippen LogP contribution < -0.4 is 10.6 Å². The first-order valence-corrected chi connectivity index (χ1v) is 29.2. The molecule has 1 aromatic rings. The largest absolute Gasteiger partial charge is 0.446 e. The number of anilines is 1. The SMILES string of the molecule is CCCCCCCCCCCCCCCCCCCCCCCCCCN[C@@H](CO[C@@H]1O[C@H](COC(=O)Nc2ccc([N+](=O)[O-])cc2)[C@H](O)[C@H](O)[C@H]1O)[C@H](O)[C@H](O)CCCCCCCCCCCCCC. The Hall–Kier alpha value is -2.43. The molecule has 1 aliphatic heterocycles. The minimum atomic E-state index is -1.69. The summed E-state index contributed by atoms with van der Waals surface area (Å²) < 4.78 is 16.9. The molecule has 7 N–H and O–H groups in total. The highest BCUT2D eigenvalue weighted by molar-refractivity contribution is 5.84. The van der Waals surface area contributed by atoms with Crippen molar-refractivity contribution in [3.05, 3.63) is 34.4 Å². The first-order valence-electron chi connectivity index (χ1n) is 29.2. The zero-order chi connectivity index (χ0) is 51.6. The summed E-state index contributed by atoms with van der Waals surface area (Å²) in [6.07, 6.45) is 35.9. The normalized spacial score (nSPS) is 19.4. The molecule has 1 aromatic carbocycles. The number of nitro groups is 1. The number of hydrogen-bond acceptors (Lipinski definition) is 12. The second kappa shape index (κ2) is 43.9. The molecule has 0 aromatic heterocycles. The molecule has 1 fully saturated rings. The van der Waals surface area contributed by atoms with E-state index in [0.29, 0.717) is 13.0 Å². The van der Waals surface area contributed by atoms with Crippen LogP contribution in [0, 0.1) is 10.1 Å². The average molecular weight is 1010 g/mol. The number of nitrogens with zero attached hydrogens (tertiary/aromatic N) is 1. The molecular weight excluding hydrogens is 903 g/mol. The monoisotopic (exact) mass is 1010 g/mol. The lowest BCUT2D eigenvalue weighted by Gasteiger charge is -2.40. The molecule has 1 amide bonds. The Balaban J connectivity index is 1.71. The van der Waals surface area contributed by atoms with Crippen LogP contribution in [0.15, 0.2) is 24.3 Å². The van der Waals surface area contributed by atoms with Crippen LogP contribution in [0.3, 0.4) is 0 Å². The van der Waals surface area contributed by atoms with Gasteiger partial charge in [0, 0.05) is 17.8 Å². The molecule has 14 nitrogen and oxygen atoms in total. The van der Waals surface area contributed by atoms with Crippen LogP contribution in [0.4, 0.5) is 16.2 Å². The maximum Gasteiger partial charge on any atom is 0.411 e. The molecule has 71 heavy (non-hydrogen) atoms. The Morgan fingerprint density at radius 3 is 1.39 bits per heavy atom. The second-order valence-corrected chi connectivity index (χ2v) is 20.8. The number of ether oxygens (including phenoxy) is 3. The Labute approximate surface area is 430 Å². The summed E-state index contributed by atoms with van der Waals surface area (Å²) in [6.45, 7) is 4.43. The van der Waals surface area contributed by atoms with Crippen LogP contribution in [-0.4, -0.2) is 105 Å². The summed E-state index contributed by atoms with van der Waals surface area (Å²) >= 11 is 0. The van der Waals surface area contributed by atoms with Crippen molar-refractivity contribution in [2.45, 2.75) is 300 Å². The number of carbonyl (C=O) groups excluding carboxylic acids is 1. The third kappa shape index (κ3) is 32.5. The van der Waals surface area contributed by atoms with Gasteiger partial charge in [0.15, 0.2) is 6.29 Å². The first kappa shape index (κ1) is 64.7. The van der Waals surface area contributed by atoms with Gasteiger partial charge in [-0.05, 0) is 31.5 Å². The summed E-state index contributed by atoms with van der Waals surface area (Å²) in [5, 5.41) is 71.5. The molecule has 0 spiro atoms. The van der Waals surface area contributed by atoms with Crippen molar-refractivity contribution in [3.8, 4) is 0 Å². The fraction of sp³-hybridized carbons (Fsp3) is 0.877. The van der Waals surface area contributed by atoms with E-state index < -0.39 is 66.6 Å². The molecular formula is C57H105N3O11. The molecule has 1 aliphatic rings. The number of unbranched alkanes of at least 4 members (excludes halogenated alkanes) is 34. The van der Waals surface area contributed by atoms with Gasteiger partial charge in [0.25, 0.3) is 5.69 Å². The average Bonchev–Trinajstić information content (AvgIpc) is 3.36. The first-order chi connectivity index (χ1) is 34.6. The van der Waals surface area contributed by atoms with Gasteiger partial charge in [-0.3, -0.25) is 15.4 Å². The van der Waals surface area contributed by atoms with Crippen LogP contribution >= 0.6 is 0 Å². The van der Waals surface area contributed by atoms with E-state index in [1.807, 2.05) is 0 Å². The fourth-order valence-electron chi connectivity index (χ4n) is 9.66. The van der Waals surface area contributed by atoms with Gasteiger partial charge in [-0.25, -0.2) is 4.79 Å². The highest BCUT2D eigenvalue weighted by atomic mass is 16.7. The van der Waals surface area contributed by atoms with Gasteiger partial charge in [0.2, 0.25) is 0 Å². The van der Waals surface area contributed by atoms with Gasteiger partial charge in [-0.1, -0.05) is 239 Å². The number of amides is 1. The van der Waals surface area contributed by atoms with Gasteiger partial charge >= 0.3 is 6.09 Å². The predicted molar refractivity (Wildman–Crippen MR) is 287 cm³/mol. The number of non-ortho nitro benzene ring substituents is 1. The molecule has 14 heteroatoms. The zero-order valence-electron chi connectivity index (χ0n) is 44.8. The lowest BCUT2D eigenvalue weighted by Crippen LogP contribution is -2.60. The number of hydrogen-bond donors (Lipinski definition) is 7. The third-order valence-corrected chi connectivity index (χ3v) is 14.4. The van der Waals surface area contributed by atoms with Crippen molar-refractivity contribution < 1.29 is 49.5 Å². The van der Waals surface area contributed by atoms with Crippen molar-refractivity contribution in [3.63, 3.8) is 0 Å². The number of rotatable bonds is 48. The molecule has 0 saturated carbocycles. The topological polar surface area (TPSA) is 213 Å². The summed E-state index contributed by atoms with van der Waals surface area (Å²) in [6, 6.07) is 4.42. The Morgan fingerprint density at radius 2 is 0.986 bits per heavy atom. The van der Waals surface area contributed by atoms with Crippen molar-refractivity contribution in [2.75, 3.05) is 25.1 Å². The van der Waals surface area contributed by atoms with Crippen molar-refractivity contribution in [2.24, 2.45) is 0 Å². The number of nitrogens with one attached hydrogen (secondary N) is 2. The smallest absolute Gasteiger partial charge is 0.411 e. The maximum atomic E-state index is 12.5. The minimum Gasteiger partial charge on any atom is -0.446 e. The molecule has 0 bridgehead atoms. The van der Waals surface area contributed by atoms with Gasteiger partial charge in [0.1, 0.15) is 31.0 Å². The predicted octanol–water partition coefficient (Wildman–Crippen LogP) is 13.1. The van der Waals surface area contributed by atoms with Crippen molar-refractivity contribution >= 4 is 17.5 Å². The molecule has 414 valence electrons. The molecule has 1 saturated heterocycles. The van der Waals surface area contributed by atoms with Crippen LogP contribution in [0.2, 0.25) is 0 Å². The highest BCUT2D eigenvalue weighted by Crippen LogP contribution is 2.25. The van der Waals surface area contributed by atoms with E-state index in [-0.39, 0.29) is 18.0 Å². The van der Waals surface area contributed by atoms with E-state index in [1.54, 1.807) is 0 Å². The van der Waals surface area contributed by atoms with E-state index in [4.69, 9.17) is 14.2 Å². The van der Waals surface area contributed by atoms with Crippen molar-refractivity contribution in [1.29, 1.82) is 0 Å². The lowest BCUT2D eigenvalue weighted by molar-refractivity contribution is -0.384. The second-order valence-electron chi connectivity index (χ2n) is 20.8. The Bertz CT molecular complexity index is 1390. The lowest BCUT2D eigenvalue weighted by atomic mass is 9.98. The maximum absolute atomic E-state index is 12.5. The molecule has 1 heterocycles. The summed E-state index contributed by atoms with van der Waals surface area (Å²) in [5.41, 5.74) is 0.0956. The van der Waals surface area contributed by atoms with Gasteiger partial charge in [0.05, 0.1) is 29.8 Å². The standard InChI is InChI=1S/C57H105N3O11/c1-3-5-7-9-11-13-15-17-18-19-20-21-22-23-24-25-26-27-28-30-32-34-36-38-44-58-49(52(62)50(61)39-37-35-33-31-29-16-14-12-10-8-6-4-2)45-69-56-55(65)54(64)53(63)51(71-56)46-70-57(66)59-47-40-42-48(43-41-47)60(67)68/h40-43,49-56,58,61-65H,3-39,44-46H2,1-2H3,(H,59,66)/t49-,50+,51+,52-,53-,54-,55+,56+/m0/s1. The fourth-order valence-corrected chi connectivity index (χ4v) is 9.66.